The van der Waals surface area contributed by atoms with Gasteiger partial charge in [-0.15, -0.1) is 0 Å². The minimum Gasteiger partial charge on any atom is -0.256 e. The molecule has 0 aliphatic heterocycles. The highest BCUT2D eigenvalue weighted by atomic mass is 19.2. The normalized spacial score (nSPS) is 10.6. The molecule has 0 N–H and O–H groups in total. The summed E-state index contributed by atoms with van der Waals surface area (Å²) in [7, 11) is 0. The van der Waals surface area contributed by atoms with E-state index in [1.54, 1.807) is 30.5 Å². The molecule has 1 aromatic heterocycles. The quantitative estimate of drug-likeness (QED) is 0.614. The highest BCUT2D eigenvalue weighted by molar-refractivity contribution is 5.71. The monoisotopic (exact) mass is 285 g/mol. The smallest absolute Gasteiger partial charge is 0.194 e. The van der Waals surface area contributed by atoms with Gasteiger partial charge in [0.15, 0.2) is 17.5 Å². The average molecular weight is 285 g/mol. The standard InChI is InChI=1S/C17H10F3N/c18-14-9-13(10-15(19)17(14)20)11-4-3-5-12(8-11)16-6-1-2-7-21-16/h1-10H. The van der Waals surface area contributed by atoms with Gasteiger partial charge in [0.25, 0.3) is 0 Å². The number of rotatable bonds is 2. The van der Waals surface area contributed by atoms with Crippen molar-refractivity contribution in [2.24, 2.45) is 0 Å². The van der Waals surface area contributed by atoms with E-state index < -0.39 is 17.5 Å². The zero-order valence-corrected chi connectivity index (χ0v) is 10.9. The highest BCUT2D eigenvalue weighted by Crippen LogP contribution is 2.27. The molecule has 0 saturated carbocycles. The van der Waals surface area contributed by atoms with E-state index in [0.29, 0.717) is 5.56 Å². The fraction of sp³-hybridized carbons (Fsp3) is 0. The number of pyridine rings is 1. The first-order chi connectivity index (χ1) is 10.1. The molecule has 0 radical (unpaired) electrons. The van der Waals surface area contributed by atoms with Gasteiger partial charge in [-0.1, -0.05) is 24.3 Å². The van der Waals surface area contributed by atoms with Gasteiger partial charge in [-0.25, -0.2) is 13.2 Å². The Morgan fingerprint density at radius 1 is 0.667 bits per heavy atom. The number of nitrogens with zero attached hydrogens (tertiary/aromatic N) is 1. The van der Waals surface area contributed by atoms with Gasteiger partial charge in [-0.2, -0.15) is 0 Å². The van der Waals surface area contributed by atoms with E-state index in [0.717, 1.165) is 23.4 Å². The van der Waals surface area contributed by atoms with Crippen LogP contribution in [-0.2, 0) is 0 Å². The third kappa shape index (κ3) is 2.65. The summed E-state index contributed by atoms with van der Waals surface area (Å²) >= 11 is 0. The Hall–Kier alpha value is -2.62. The highest BCUT2D eigenvalue weighted by Gasteiger charge is 2.12. The molecule has 4 heteroatoms. The van der Waals surface area contributed by atoms with Crippen molar-refractivity contribution in [1.29, 1.82) is 0 Å². The summed E-state index contributed by atoms with van der Waals surface area (Å²) in [6.45, 7) is 0. The molecule has 0 aliphatic carbocycles. The SMILES string of the molecule is Fc1cc(-c2cccc(-c3ccccn3)c2)cc(F)c1F. The molecule has 0 saturated heterocycles. The summed E-state index contributed by atoms with van der Waals surface area (Å²) in [4.78, 5) is 4.22. The number of hydrogen-bond acceptors (Lipinski definition) is 1. The van der Waals surface area contributed by atoms with Gasteiger partial charge in [-0.05, 0) is 41.5 Å². The maximum Gasteiger partial charge on any atom is 0.194 e. The zero-order chi connectivity index (χ0) is 14.8. The summed E-state index contributed by atoms with van der Waals surface area (Å²) in [6.07, 6.45) is 1.67. The first-order valence-corrected chi connectivity index (χ1v) is 6.31. The Labute approximate surface area is 119 Å². The van der Waals surface area contributed by atoms with Crippen LogP contribution in [0.15, 0.2) is 60.8 Å². The molecule has 0 aliphatic rings. The van der Waals surface area contributed by atoms with Crippen LogP contribution in [0.4, 0.5) is 13.2 Å². The van der Waals surface area contributed by atoms with Crippen molar-refractivity contribution in [2.45, 2.75) is 0 Å². The number of halogens is 3. The molecule has 0 unspecified atom stereocenters. The largest absolute Gasteiger partial charge is 0.256 e. The summed E-state index contributed by atoms with van der Waals surface area (Å²) in [6, 6.07) is 14.5. The maximum atomic E-state index is 13.3. The van der Waals surface area contributed by atoms with Crippen LogP contribution in [0.5, 0.6) is 0 Å². The molecule has 21 heavy (non-hydrogen) atoms. The lowest BCUT2D eigenvalue weighted by atomic mass is 10.0. The summed E-state index contributed by atoms with van der Waals surface area (Å²) < 4.78 is 39.7. The van der Waals surface area contributed by atoms with E-state index in [9.17, 15) is 13.2 Å². The Morgan fingerprint density at radius 2 is 1.38 bits per heavy atom. The second-order valence-electron chi connectivity index (χ2n) is 4.55. The first kappa shape index (κ1) is 13.4. The number of hydrogen-bond donors (Lipinski definition) is 0. The lowest BCUT2D eigenvalue weighted by molar-refractivity contribution is 0.448. The van der Waals surface area contributed by atoms with Gasteiger partial charge in [0.05, 0.1) is 5.69 Å². The predicted octanol–water partition coefficient (Wildman–Crippen LogP) is 4.83. The fourth-order valence-corrected chi connectivity index (χ4v) is 2.11. The number of benzene rings is 2. The molecule has 0 spiro atoms. The molecule has 1 nitrogen and oxygen atoms in total. The van der Waals surface area contributed by atoms with E-state index in [4.69, 9.17) is 0 Å². The van der Waals surface area contributed by atoms with Crippen LogP contribution in [0.1, 0.15) is 0 Å². The van der Waals surface area contributed by atoms with Gasteiger partial charge >= 0.3 is 0 Å². The lowest BCUT2D eigenvalue weighted by Crippen LogP contribution is -1.92. The van der Waals surface area contributed by atoms with E-state index in [-0.39, 0.29) is 5.56 Å². The van der Waals surface area contributed by atoms with Crippen LogP contribution < -0.4 is 0 Å². The van der Waals surface area contributed by atoms with E-state index in [1.807, 2.05) is 18.2 Å². The lowest BCUT2D eigenvalue weighted by Gasteiger charge is -2.06. The van der Waals surface area contributed by atoms with Gasteiger partial charge in [0, 0.05) is 11.8 Å². The molecule has 3 aromatic rings. The number of aromatic nitrogens is 1. The Kier molecular flexibility index (Phi) is 3.44. The minimum absolute atomic E-state index is 0.282. The van der Waals surface area contributed by atoms with Crippen LogP contribution in [0.3, 0.4) is 0 Å². The van der Waals surface area contributed by atoms with Gasteiger partial charge < -0.3 is 0 Å². The third-order valence-electron chi connectivity index (χ3n) is 3.14. The Bertz CT molecular complexity index is 762. The van der Waals surface area contributed by atoms with E-state index >= 15 is 0 Å². The molecular weight excluding hydrogens is 275 g/mol. The van der Waals surface area contributed by atoms with Crippen molar-refractivity contribution >= 4 is 0 Å². The van der Waals surface area contributed by atoms with Crippen LogP contribution in [0, 0.1) is 17.5 Å². The van der Waals surface area contributed by atoms with E-state index in [2.05, 4.69) is 4.98 Å². The fourth-order valence-electron chi connectivity index (χ4n) is 2.11. The third-order valence-corrected chi connectivity index (χ3v) is 3.14. The predicted molar refractivity (Wildman–Crippen MR) is 75.0 cm³/mol. The van der Waals surface area contributed by atoms with E-state index in [1.165, 1.54) is 0 Å². The molecule has 1 heterocycles. The molecule has 2 aromatic carbocycles. The van der Waals surface area contributed by atoms with Gasteiger partial charge in [0.2, 0.25) is 0 Å². The van der Waals surface area contributed by atoms with Gasteiger partial charge in [-0.3, -0.25) is 4.98 Å². The van der Waals surface area contributed by atoms with Crippen molar-refractivity contribution in [3.63, 3.8) is 0 Å². The summed E-state index contributed by atoms with van der Waals surface area (Å²) in [5.41, 5.74) is 2.45. The first-order valence-electron chi connectivity index (χ1n) is 6.31. The average Bonchev–Trinajstić information content (AvgIpc) is 2.53. The molecule has 0 bridgehead atoms. The van der Waals surface area contributed by atoms with Crippen molar-refractivity contribution in [2.75, 3.05) is 0 Å². The second kappa shape index (κ2) is 5.40. The van der Waals surface area contributed by atoms with Crippen LogP contribution in [0.25, 0.3) is 22.4 Å². The van der Waals surface area contributed by atoms with Crippen molar-refractivity contribution in [1.82, 2.24) is 4.98 Å². The Morgan fingerprint density at radius 3 is 2.05 bits per heavy atom. The minimum atomic E-state index is -1.46. The molecular formula is C17H10F3N. The zero-order valence-electron chi connectivity index (χ0n) is 10.9. The topological polar surface area (TPSA) is 12.9 Å². The Balaban J connectivity index is 2.08. The molecule has 3 rings (SSSR count). The molecule has 0 amide bonds. The molecule has 0 atom stereocenters. The molecule has 0 fully saturated rings. The van der Waals surface area contributed by atoms with Crippen molar-refractivity contribution < 1.29 is 13.2 Å². The summed E-state index contributed by atoms with van der Waals surface area (Å²) in [5, 5.41) is 0. The molecule has 104 valence electrons. The van der Waals surface area contributed by atoms with Crippen LogP contribution >= 0.6 is 0 Å². The van der Waals surface area contributed by atoms with Crippen molar-refractivity contribution in [3.05, 3.63) is 78.2 Å². The second-order valence-corrected chi connectivity index (χ2v) is 4.55. The van der Waals surface area contributed by atoms with Crippen LogP contribution in [-0.4, -0.2) is 4.98 Å². The van der Waals surface area contributed by atoms with Crippen LogP contribution in [0.2, 0.25) is 0 Å². The summed E-state index contributed by atoms with van der Waals surface area (Å²) in [5.74, 6) is -3.86. The maximum absolute atomic E-state index is 13.3. The van der Waals surface area contributed by atoms with Gasteiger partial charge in [0.1, 0.15) is 0 Å². The van der Waals surface area contributed by atoms with Crippen molar-refractivity contribution in [3.8, 4) is 22.4 Å².